The van der Waals surface area contributed by atoms with Gasteiger partial charge in [-0.15, -0.1) is 0 Å². The summed E-state index contributed by atoms with van der Waals surface area (Å²) in [6.07, 6.45) is 2.16. The maximum Gasteiger partial charge on any atom is 0.224 e. The summed E-state index contributed by atoms with van der Waals surface area (Å²) in [6.45, 7) is 2.24. The summed E-state index contributed by atoms with van der Waals surface area (Å²) >= 11 is 0. The highest BCUT2D eigenvalue weighted by Crippen LogP contribution is 2.42. The minimum Gasteiger partial charge on any atom is -0.307 e. The zero-order chi connectivity index (χ0) is 20.9. The number of aryl methyl sites for hydroxylation is 2. The van der Waals surface area contributed by atoms with Crippen LogP contribution in [0.3, 0.4) is 0 Å². The lowest BCUT2D eigenvalue weighted by Crippen LogP contribution is -2.28. The van der Waals surface area contributed by atoms with Crippen LogP contribution >= 0.6 is 0 Å². The first kappa shape index (κ1) is 16.6. The number of aromatic nitrogens is 2. The number of pyridine rings is 2. The fraction of sp³-hybridized carbons (Fsp3) is 0.0714. The summed E-state index contributed by atoms with van der Waals surface area (Å²) < 4.78 is 4.67. The molecule has 0 spiro atoms. The van der Waals surface area contributed by atoms with Gasteiger partial charge in [0, 0.05) is 16.8 Å². The third-order valence-corrected chi connectivity index (χ3v) is 6.92. The number of hydrogen-bond donors (Lipinski definition) is 0. The first-order chi connectivity index (χ1) is 15.2. The van der Waals surface area contributed by atoms with Gasteiger partial charge in [-0.3, -0.25) is 0 Å². The van der Waals surface area contributed by atoms with E-state index in [-0.39, 0.29) is 0 Å². The first-order valence-electron chi connectivity index (χ1n) is 10.5. The second-order valence-corrected chi connectivity index (χ2v) is 8.50. The minimum atomic E-state index is 0.694. The van der Waals surface area contributed by atoms with Crippen LogP contribution in [0.15, 0.2) is 72.9 Å². The maximum absolute atomic E-state index is 9.50. The molecule has 0 radical (unpaired) electrons. The Morgan fingerprint density at radius 2 is 1.68 bits per heavy atom. The maximum atomic E-state index is 9.50. The molecule has 3 nitrogen and oxygen atoms in total. The van der Waals surface area contributed by atoms with E-state index < -0.39 is 0 Å². The number of nitriles is 1. The Morgan fingerprint density at radius 1 is 0.806 bits per heavy atom. The van der Waals surface area contributed by atoms with Gasteiger partial charge < -0.3 is 4.40 Å². The van der Waals surface area contributed by atoms with E-state index in [1.54, 1.807) is 0 Å². The molecule has 7 rings (SSSR count). The molecule has 0 saturated heterocycles. The van der Waals surface area contributed by atoms with Gasteiger partial charge in [0.2, 0.25) is 5.52 Å². The van der Waals surface area contributed by atoms with E-state index in [0.29, 0.717) is 5.56 Å². The van der Waals surface area contributed by atoms with E-state index in [4.69, 9.17) is 0 Å². The Morgan fingerprint density at radius 3 is 2.55 bits per heavy atom. The van der Waals surface area contributed by atoms with E-state index >= 15 is 0 Å². The fourth-order valence-corrected chi connectivity index (χ4v) is 5.56. The summed E-state index contributed by atoms with van der Waals surface area (Å²) in [5.74, 6) is 0. The van der Waals surface area contributed by atoms with Crippen LogP contribution in [-0.2, 0) is 7.05 Å². The summed E-state index contributed by atoms with van der Waals surface area (Å²) in [4.78, 5) is 0. The monoisotopic (exact) mass is 396 g/mol. The molecule has 0 aliphatic carbocycles. The molecule has 0 unspecified atom stereocenters. The smallest absolute Gasteiger partial charge is 0.224 e. The molecule has 7 aromatic rings. The van der Waals surface area contributed by atoms with Crippen LogP contribution in [0, 0.1) is 18.3 Å². The second kappa shape index (κ2) is 5.50. The van der Waals surface area contributed by atoms with Crippen molar-refractivity contribution in [3.05, 3.63) is 84.1 Å². The quantitative estimate of drug-likeness (QED) is 0.172. The molecule has 0 amide bonds. The largest absolute Gasteiger partial charge is 0.307 e. The van der Waals surface area contributed by atoms with E-state index in [0.717, 1.165) is 10.9 Å². The molecule has 3 heteroatoms. The zero-order valence-electron chi connectivity index (χ0n) is 17.3. The number of fused-ring (bicyclic) bond motifs is 7. The molecular weight excluding hydrogens is 378 g/mol. The lowest BCUT2D eigenvalue weighted by atomic mass is 9.96. The molecular formula is C28H18N3+. The molecule has 3 heterocycles. The van der Waals surface area contributed by atoms with Gasteiger partial charge in [-0.2, -0.15) is 5.26 Å². The summed E-state index contributed by atoms with van der Waals surface area (Å²) in [5.41, 5.74) is 6.85. The van der Waals surface area contributed by atoms with Crippen LogP contribution in [0.5, 0.6) is 0 Å². The molecule has 0 bridgehead atoms. The van der Waals surface area contributed by atoms with Crippen molar-refractivity contribution in [1.82, 2.24) is 4.40 Å². The predicted octanol–water partition coefficient (Wildman–Crippen LogP) is 6.15. The summed E-state index contributed by atoms with van der Waals surface area (Å²) in [7, 11) is 2.14. The highest BCUT2D eigenvalue weighted by atomic mass is 15.0. The second-order valence-electron chi connectivity index (χ2n) is 8.50. The van der Waals surface area contributed by atoms with Gasteiger partial charge in [-0.05, 0) is 52.9 Å². The number of benzene rings is 4. The highest BCUT2D eigenvalue weighted by Gasteiger charge is 2.24. The Bertz CT molecular complexity index is 1920. The van der Waals surface area contributed by atoms with E-state index in [9.17, 15) is 5.26 Å². The van der Waals surface area contributed by atoms with Crippen LogP contribution in [0.4, 0.5) is 0 Å². The SMILES string of the molecule is Cc1c2ccccc2cc2c1c1c3c(ccc4c5cc(C#N)ccc5n2c43)cc[n+]1C. The van der Waals surface area contributed by atoms with Crippen LogP contribution in [-0.4, -0.2) is 4.40 Å². The van der Waals surface area contributed by atoms with Gasteiger partial charge in [0.05, 0.1) is 39.0 Å². The van der Waals surface area contributed by atoms with E-state index in [1.165, 1.54) is 54.4 Å². The lowest BCUT2D eigenvalue weighted by molar-refractivity contribution is -0.643. The third kappa shape index (κ3) is 1.90. The molecule has 31 heavy (non-hydrogen) atoms. The Kier molecular flexibility index (Phi) is 2.95. The van der Waals surface area contributed by atoms with Gasteiger partial charge in [-0.1, -0.05) is 36.4 Å². The third-order valence-electron chi connectivity index (χ3n) is 6.92. The Balaban J connectivity index is 1.95. The molecule has 3 aromatic heterocycles. The molecule has 0 aliphatic heterocycles. The average molecular weight is 396 g/mol. The van der Waals surface area contributed by atoms with Crippen LogP contribution in [0.25, 0.3) is 59.8 Å². The molecule has 0 atom stereocenters. The summed E-state index contributed by atoms with van der Waals surface area (Å²) in [5, 5.41) is 18.2. The molecule has 144 valence electrons. The molecule has 0 N–H and O–H groups in total. The Labute approximate surface area is 178 Å². The van der Waals surface area contributed by atoms with Gasteiger partial charge >= 0.3 is 0 Å². The van der Waals surface area contributed by atoms with E-state index in [2.05, 4.69) is 89.8 Å². The van der Waals surface area contributed by atoms with Gasteiger partial charge in [-0.25, -0.2) is 4.57 Å². The van der Waals surface area contributed by atoms with Gasteiger partial charge in [0.1, 0.15) is 7.05 Å². The van der Waals surface area contributed by atoms with Crippen LogP contribution in [0.1, 0.15) is 11.1 Å². The predicted molar refractivity (Wildman–Crippen MR) is 127 cm³/mol. The van der Waals surface area contributed by atoms with Crippen molar-refractivity contribution in [2.75, 3.05) is 0 Å². The van der Waals surface area contributed by atoms with Crippen molar-refractivity contribution >= 4 is 59.8 Å². The van der Waals surface area contributed by atoms with Gasteiger partial charge in [0.25, 0.3) is 0 Å². The van der Waals surface area contributed by atoms with Crippen molar-refractivity contribution in [1.29, 1.82) is 5.26 Å². The molecule has 0 aliphatic rings. The average Bonchev–Trinajstić information content (AvgIpc) is 3.14. The zero-order valence-corrected chi connectivity index (χ0v) is 17.3. The highest BCUT2D eigenvalue weighted by molar-refractivity contribution is 6.28. The standard InChI is InChI=1S/C28H18N3/c1-16-20-6-4-3-5-19(20)14-24-25(16)28-26-18(11-12-30(28)2)8-9-21-22-13-17(15-29)7-10-23(22)31(24)27(21)26/h3-14H,1-2H3/q+1. The lowest BCUT2D eigenvalue weighted by Gasteiger charge is -2.14. The molecule has 0 fully saturated rings. The first-order valence-corrected chi connectivity index (χ1v) is 10.5. The van der Waals surface area contributed by atoms with Crippen molar-refractivity contribution in [2.45, 2.75) is 6.92 Å². The van der Waals surface area contributed by atoms with Crippen LogP contribution in [0.2, 0.25) is 0 Å². The molecule has 4 aromatic carbocycles. The summed E-state index contributed by atoms with van der Waals surface area (Å²) in [6, 6.07) is 25.9. The topological polar surface area (TPSA) is 32.1 Å². The van der Waals surface area contributed by atoms with Crippen molar-refractivity contribution < 1.29 is 4.57 Å². The van der Waals surface area contributed by atoms with E-state index in [1.807, 2.05) is 12.1 Å². The van der Waals surface area contributed by atoms with Gasteiger partial charge in [0.15, 0.2) is 6.20 Å². The number of hydrogen-bond acceptors (Lipinski definition) is 1. The fourth-order valence-electron chi connectivity index (χ4n) is 5.56. The molecule has 0 saturated carbocycles. The minimum absolute atomic E-state index is 0.694. The Hall–Kier alpha value is -4.16. The number of nitrogens with zero attached hydrogens (tertiary/aromatic N) is 3. The normalized spacial score (nSPS) is 12.2. The van der Waals surface area contributed by atoms with Crippen LogP contribution < -0.4 is 4.57 Å². The van der Waals surface area contributed by atoms with Crippen molar-refractivity contribution in [3.63, 3.8) is 0 Å². The van der Waals surface area contributed by atoms with Crippen molar-refractivity contribution in [3.8, 4) is 6.07 Å². The number of rotatable bonds is 0. The van der Waals surface area contributed by atoms with Crippen molar-refractivity contribution in [2.24, 2.45) is 7.05 Å².